The summed E-state index contributed by atoms with van der Waals surface area (Å²) in [7, 11) is 0. The molecule has 0 aliphatic rings. The first-order valence-corrected chi connectivity index (χ1v) is 4.12. The standard InChI is InChI=1S/C9H8F3N3O/c10-9(11,12)8-5(2-4-7(14)16)1-3-6(13)15-8/h1-4H,(H2,13,15)(H2,14,16). The molecule has 0 radical (unpaired) electrons. The molecule has 0 fully saturated rings. The van der Waals surface area contributed by atoms with E-state index in [9.17, 15) is 18.0 Å². The molecule has 4 nitrogen and oxygen atoms in total. The number of pyridine rings is 1. The number of halogens is 3. The Hall–Kier alpha value is -2.05. The number of nitrogen functional groups attached to an aromatic ring is 1. The molecule has 1 amide bonds. The number of amides is 1. The first-order chi connectivity index (χ1) is 7.30. The Morgan fingerprint density at radius 1 is 1.38 bits per heavy atom. The number of carbonyl (C=O) groups is 1. The lowest BCUT2D eigenvalue weighted by Gasteiger charge is -2.09. The van der Waals surface area contributed by atoms with Crippen LogP contribution in [0.15, 0.2) is 18.2 Å². The summed E-state index contributed by atoms with van der Waals surface area (Å²) in [4.78, 5) is 13.6. The molecule has 1 heterocycles. The van der Waals surface area contributed by atoms with E-state index in [1.807, 2.05) is 0 Å². The molecule has 0 spiro atoms. The van der Waals surface area contributed by atoms with E-state index in [4.69, 9.17) is 11.5 Å². The first-order valence-electron chi connectivity index (χ1n) is 4.12. The summed E-state index contributed by atoms with van der Waals surface area (Å²) in [6.07, 6.45) is -2.87. The summed E-state index contributed by atoms with van der Waals surface area (Å²) in [6, 6.07) is 2.32. The second kappa shape index (κ2) is 4.21. The Labute approximate surface area is 88.8 Å². The van der Waals surface area contributed by atoms with Gasteiger partial charge >= 0.3 is 6.18 Å². The van der Waals surface area contributed by atoms with Gasteiger partial charge in [-0.15, -0.1) is 0 Å². The Bertz CT molecular complexity index is 440. The minimum Gasteiger partial charge on any atom is -0.384 e. The van der Waals surface area contributed by atoms with Crippen molar-refractivity contribution in [2.45, 2.75) is 6.18 Å². The third-order valence-corrected chi connectivity index (χ3v) is 1.64. The number of nitrogens with zero attached hydrogens (tertiary/aromatic N) is 1. The lowest BCUT2D eigenvalue weighted by atomic mass is 10.1. The van der Waals surface area contributed by atoms with Gasteiger partial charge in [0.1, 0.15) is 5.82 Å². The topological polar surface area (TPSA) is 82.0 Å². The van der Waals surface area contributed by atoms with Crippen LogP contribution in [-0.4, -0.2) is 10.9 Å². The van der Waals surface area contributed by atoms with Crippen molar-refractivity contribution in [3.63, 3.8) is 0 Å². The van der Waals surface area contributed by atoms with Crippen molar-refractivity contribution in [1.29, 1.82) is 0 Å². The zero-order valence-corrected chi connectivity index (χ0v) is 7.95. The molecule has 4 N–H and O–H groups in total. The highest BCUT2D eigenvalue weighted by atomic mass is 19.4. The fourth-order valence-electron chi connectivity index (χ4n) is 1.02. The summed E-state index contributed by atoms with van der Waals surface area (Å²) in [5, 5.41) is 0. The van der Waals surface area contributed by atoms with Crippen LogP contribution in [0.5, 0.6) is 0 Å². The fraction of sp³-hybridized carbons (Fsp3) is 0.111. The average molecular weight is 231 g/mol. The normalized spacial score (nSPS) is 11.9. The maximum atomic E-state index is 12.5. The predicted molar refractivity (Wildman–Crippen MR) is 51.9 cm³/mol. The number of hydrogen-bond acceptors (Lipinski definition) is 3. The SMILES string of the molecule is NC(=O)C=Cc1ccc(N)nc1C(F)(F)F. The van der Waals surface area contributed by atoms with Crippen molar-refractivity contribution in [3.05, 3.63) is 29.5 Å². The van der Waals surface area contributed by atoms with Crippen molar-refractivity contribution >= 4 is 17.8 Å². The number of primary amides is 1. The van der Waals surface area contributed by atoms with Crippen LogP contribution in [0.25, 0.3) is 6.08 Å². The van der Waals surface area contributed by atoms with Crippen LogP contribution in [0, 0.1) is 0 Å². The third-order valence-electron chi connectivity index (χ3n) is 1.64. The number of hydrogen-bond donors (Lipinski definition) is 2. The smallest absolute Gasteiger partial charge is 0.384 e. The van der Waals surface area contributed by atoms with Gasteiger partial charge in [0.05, 0.1) is 0 Å². The van der Waals surface area contributed by atoms with Gasteiger partial charge in [-0.05, 0) is 18.2 Å². The van der Waals surface area contributed by atoms with Crippen LogP contribution >= 0.6 is 0 Å². The van der Waals surface area contributed by atoms with Crippen molar-refractivity contribution < 1.29 is 18.0 Å². The molecule has 0 aromatic carbocycles. The van der Waals surface area contributed by atoms with Crippen LogP contribution in [-0.2, 0) is 11.0 Å². The molecule has 0 saturated heterocycles. The Balaban J connectivity index is 3.23. The van der Waals surface area contributed by atoms with Crippen LogP contribution in [0.1, 0.15) is 11.3 Å². The maximum Gasteiger partial charge on any atom is 0.434 e. The Kier molecular flexibility index (Phi) is 3.17. The Morgan fingerprint density at radius 3 is 2.50 bits per heavy atom. The molecule has 0 aliphatic carbocycles. The van der Waals surface area contributed by atoms with Crippen LogP contribution < -0.4 is 11.5 Å². The molecule has 16 heavy (non-hydrogen) atoms. The van der Waals surface area contributed by atoms with Crippen molar-refractivity contribution in [2.24, 2.45) is 5.73 Å². The highest BCUT2D eigenvalue weighted by molar-refractivity contribution is 5.90. The van der Waals surface area contributed by atoms with Gasteiger partial charge in [-0.25, -0.2) is 4.98 Å². The molecule has 7 heteroatoms. The summed E-state index contributed by atoms with van der Waals surface area (Å²) < 4.78 is 37.5. The molecule has 86 valence electrons. The van der Waals surface area contributed by atoms with E-state index < -0.39 is 17.8 Å². The summed E-state index contributed by atoms with van der Waals surface area (Å²) in [5.74, 6) is -1.09. The number of nitrogens with two attached hydrogens (primary N) is 2. The fourth-order valence-corrected chi connectivity index (χ4v) is 1.02. The predicted octanol–water partition coefficient (Wildman–Crippen LogP) is 1.18. The lowest BCUT2D eigenvalue weighted by Crippen LogP contribution is -2.12. The van der Waals surface area contributed by atoms with E-state index in [1.54, 1.807) is 0 Å². The monoisotopic (exact) mass is 231 g/mol. The number of alkyl halides is 3. The highest BCUT2D eigenvalue weighted by Crippen LogP contribution is 2.31. The highest BCUT2D eigenvalue weighted by Gasteiger charge is 2.34. The van der Waals surface area contributed by atoms with Crippen molar-refractivity contribution in [2.75, 3.05) is 5.73 Å². The van der Waals surface area contributed by atoms with Crippen LogP contribution in [0.3, 0.4) is 0 Å². The second-order valence-electron chi connectivity index (χ2n) is 2.91. The molecule has 1 aromatic rings. The maximum absolute atomic E-state index is 12.5. The van der Waals surface area contributed by atoms with E-state index in [0.717, 1.165) is 18.2 Å². The largest absolute Gasteiger partial charge is 0.434 e. The lowest BCUT2D eigenvalue weighted by molar-refractivity contribution is -0.141. The van der Waals surface area contributed by atoms with Gasteiger partial charge in [-0.3, -0.25) is 4.79 Å². The molecule has 0 atom stereocenters. The molecule has 1 rings (SSSR count). The minimum absolute atomic E-state index is 0.247. The summed E-state index contributed by atoms with van der Waals surface area (Å²) in [5.41, 5.74) is 8.52. The number of carbonyl (C=O) groups excluding carboxylic acids is 1. The van der Waals surface area contributed by atoms with E-state index >= 15 is 0 Å². The molecular formula is C9H8F3N3O. The van der Waals surface area contributed by atoms with Crippen molar-refractivity contribution in [3.8, 4) is 0 Å². The molecule has 0 unspecified atom stereocenters. The Morgan fingerprint density at radius 2 is 2.00 bits per heavy atom. The minimum atomic E-state index is -4.63. The van der Waals surface area contributed by atoms with Gasteiger partial charge < -0.3 is 11.5 Å². The molecule has 1 aromatic heterocycles. The van der Waals surface area contributed by atoms with Gasteiger partial charge in [-0.2, -0.15) is 13.2 Å². The van der Waals surface area contributed by atoms with Crippen LogP contribution in [0.4, 0.5) is 19.0 Å². The van der Waals surface area contributed by atoms with Gasteiger partial charge in [-0.1, -0.05) is 0 Å². The molecule has 0 aliphatic heterocycles. The van der Waals surface area contributed by atoms with E-state index in [0.29, 0.717) is 0 Å². The number of anilines is 1. The van der Waals surface area contributed by atoms with E-state index in [2.05, 4.69) is 4.98 Å². The molecule has 0 bridgehead atoms. The average Bonchev–Trinajstić information content (AvgIpc) is 2.14. The van der Waals surface area contributed by atoms with E-state index in [-0.39, 0.29) is 11.4 Å². The quantitative estimate of drug-likeness (QED) is 0.750. The van der Waals surface area contributed by atoms with Gasteiger partial charge in [0.15, 0.2) is 5.69 Å². The molecular weight excluding hydrogens is 223 g/mol. The number of rotatable bonds is 2. The summed E-state index contributed by atoms with van der Waals surface area (Å²) >= 11 is 0. The third kappa shape index (κ3) is 2.97. The molecule has 0 saturated carbocycles. The second-order valence-corrected chi connectivity index (χ2v) is 2.91. The zero-order valence-electron chi connectivity index (χ0n) is 7.95. The summed E-state index contributed by atoms with van der Waals surface area (Å²) in [6.45, 7) is 0. The van der Waals surface area contributed by atoms with Crippen LogP contribution in [0.2, 0.25) is 0 Å². The van der Waals surface area contributed by atoms with E-state index in [1.165, 1.54) is 6.07 Å². The van der Waals surface area contributed by atoms with Gasteiger partial charge in [0, 0.05) is 11.6 Å². The first kappa shape index (κ1) is 12.0. The van der Waals surface area contributed by atoms with Crippen molar-refractivity contribution in [1.82, 2.24) is 4.98 Å². The zero-order chi connectivity index (χ0) is 12.3. The van der Waals surface area contributed by atoms with Gasteiger partial charge in [0.25, 0.3) is 0 Å². The number of aromatic nitrogens is 1. The van der Waals surface area contributed by atoms with Gasteiger partial charge in [0.2, 0.25) is 5.91 Å².